The van der Waals surface area contributed by atoms with Crippen LogP contribution in [0.5, 0.6) is 5.75 Å². The van der Waals surface area contributed by atoms with Crippen LogP contribution in [-0.2, 0) is 20.0 Å². The summed E-state index contributed by atoms with van der Waals surface area (Å²) < 4.78 is 23.4. The average molecular weight is 500 g/mol. The van der Waals surface area contributed by atoms with Crippen molar-refractivity contribution in [3.63, 3.8) is 0 Å². The van der Waals surface area contributed by atoms with Crippen molar-refractivity contribution in [1.29, 1.82) is 0 Å². The molecule has 37 heavy (non-hydrogen) atoms. The average Bonchev–Trinajstić information content (AvgIpc) is 3.49. The normalized spacial score (nSPS) is 12.6. The summed E-state index contributed by atoms with van der Waals surface area (Å²) in [5.74, 6) is -0.710. The molecule has 10 nitrogen and oxygen atoms in total. The number of rotatable bonds is 6. The largest absolute Gasteiger partial charge is 0.494 e. The third kappa shape index (κ3) is 3.75. The molecule has 1 aliphatic heterocycles. The minimum absolute atomic E-state index is 0.0936. The SMILES string of the molecule is COc1cc(F)c([N+](=O)[O-])cc1Nc1ncc(-c2ccnn2C)c(-c2cn3c4c(cccc24)CCC3)n1. The van der Waals surface area contributed by atoms with Gasteiger partial charge in [0.1, 0.15) is 5.75 Å². The summed E-state index contributed by atoms with van der Waals surface area (Å²) in [5, 5.41) is 19.7. The van der Waals surface area contributed by atoms with E-state index in [9.17, 15) is 14.5 Å². The van der Waals surface area contributed by atoms with E-state index < -0.39 is 16.4 Å². The van der Waals surface area contributed by atoms with E-state index in [1.165, 1.54) is 18.2 Å². The standard InChI is InChI=1S/C26H22FN7O3/c1-32-21(8-9-29-32)17-13-28-26(30-20-12-22(34(35)36)19(27)11-23(20)37-2)31-24(17)18-14-33-10-4-6-15-5-3-7-16(18)25(15)33/h3,5,7-9,11-14H,4,6,10H2,1-2H3,(H,28,30,31). The number of para-hydroxylation sites is 1. The summed E-state index contributed by atoms with van der Waals surface area (Å²) >= 11 is 0. The molecule has 186 valence electrons. The highest BCUT2D eigenvalue weighted by Gasteiger charge is 2.23. The first-order valence-electron chi connectivity index (χ1n) is 11.7. The summed E-state index contributed by atoms with van der Waals surface area (Å²) in [4.78, 5) is 19.9. The van der Waals surface area contributed by atoms with Crippen molar-refractivity contribution in [3.05, 3.63) is 76.5 Å². The molecular weight excluding hydrogens is 477 g/mol. The Morgan fingerprint density at radius 1 is 1.22 bits per heavy atom. The Bertz CT molecular complexity index is 1690. The zero-order chi connectivity index (χ0) is 25.7. The molecular formula is C26H22FN7O3. The monoisotopic (exact) mass is 499 g/mol. The molecule has 6 rings (SSSR count). The second-order valence-corrected chi connectivity index (χ2v) is 8.83. The van der Waals surface area contributed by atoms with Crippen LogP contribution in [0.1, 0.15) is 12.0 Å². The number of aryl methyl sites for hydroxylation is 3. The summed E-state index contributed by atoms with van der Waals surface area (Å²) in [7, 11) is 3.21. The van der Waals surface area contributed by atoms with Crippen LogP contribution in [0.15, 0.2) is 55.0 Å². The Morgan fingerprint density at radius 2 is 2.08 bits per heavy atom. The third-order valence-corrected chi connectivity index (χ3v) is 6.68. The molecule has 0 unspecified atom stereocenters. The Balaban J connectivity index is 1.54. The maximum Gasteiger partial charge on any atom is 0.307 e. The van der Waals surface area contributed by atoms with Gasteiger partial charge in [-0.15, -0.1) is 0 Å². The van der Waals surface area contributed by atoms with Gasteiger partial charge in [0, 0.05) is 60.8 Å². The van der Waals surface area contributed by atoms with Gasteiger partial charge in [0.25, 0.3) is 0 Å². The number of nitro groups is 1. The van der Waals surface area contributed by atoms with Crippen LogP contribution in [0.4, 0.5) is 21.7 Å². The molecule has 0 saturated heterocycles. The van der Waals surface area contributed by atoms with E-state index >= 15 is 0 Å². The number of hydrogen-bond acceptors (Lipinski definition) is 7. The lowest BCUT2D eigenvalue weighted by Crippen LogP contribution is -2.05. The maximum atomic E-state index is 14.2. The Morgan fingerprint density at radius 3 is 2.84 bits per heavy atom. The van der Waals surface area contributed by atoms with Gasteiger partial charge in [0.05, 0.1) is 34.6 Å². The number of anilines is 2. The van der Waals surface area contributed by atoms with Crippen molar-refractivity contribution in [3.8, 4) is 28.3 Å². The molecule has 0 spiro atoms. The van der Waals surface area contributed by atoms with Crippen LogP contribution in [0.25, 0.3) is 33.4 Å². The fourth-order valence-electron chi connectivity index (χ4n) is 4.99. The van der Waals surface area contributed by atoms with Crippen molar-refractivity contribution in [2.24, 2.45) is 7.05 Å². The Hall–Kier alpha value is -4.80. The van der Waals surface area contributed by atoms with Gasteiger partial charge >= 0.3 is 5.69 Å². The molecule has 0 amide bonds. The second-order valence-electron chi connectivity index (χ2n) is 8.83. The summed E-state index contributed by atoms with van der Waals surface area (Å²) in [6.45, 7) is 0.918. The fraction of sp³-hybridized carbons (Fsp3) is 0.192. The molecule has 0 bridgehead atoms. The maximum absolute atomic E-state index is 14.2. The van der Waals surface area contributed by atoms with Gasteiger partial charge in [-0.3, -0.25) is 14.8 Å². The van der Waals surface area contributed by atoms with Crippen molar-refractivity contribution in [2.75, 3.05) is 12.4 Å². The van der Waals surface area contributed by atoms with Gasteiger partial charge in [0.2, 0.25) is 11.8 Å². The van der Waals surface area contributed by atoms with Gasteiger partial charge in [0.15, 0.2) is 0 Å². The van der Waals surface area contributed by atoms with Crippen LogP contribution < -0.4 is 10.1 Å². The smallest absolute Gasteiger partial charge is 0.307 e. The number of halogens is 1. The van der Waals surface area contributed by atoms with Gasteiger partial charge < -0.3 is 14.6 Å². The quantitative estimate of drug-likeness (QED) is 0.251. The zero-order valence-corrected chi connectivity index (χ0v) is 20.1. The number of methoxy groups -OCH3 is 1. The summed E-state index contributed by atoms with van der Waals surface area (Å²) in [5.41, 5.74) is 5.24. The molecule has 0 saturated carbocycles. The summed E-state index contributed by atoms with van der Waals surface area (Å²) in [6, 6.07) is 10.2. The Labute approximate surface area is 210 Å². The van der Waals surface area contributed by atoms with E-state index in [0.717, 1.165) is 53.7 Å². The first-order chi connectivity index (χ1) is 17.9. The van der Waals surface area contributed by atoms with Crippen LogP contribution in [0.2, 0.25) is 0 Å². The number of nitrogens with one attached hydrogen (secondary N) is 1. The number of aromatic nitrogens is 5. The molecule has 4 heterocycles. The summed E-state index contributed by atoms with van der Waals surface area (Å²) in [6.07, 6.45) is 7.61. The van der Waals surface area contributed by atoms with Crippen LogP contribution >= 0.6 is 0 Å². The molecule has 0 radical (unpaired) electrons. The molecule has 1 aliphatic rings. The van der Waals surface area contributed by atoms with E-state index in [0.29, 0.717) is 5.69 Å². The van der Waals surface area contributed by atoms with E-state index in [1.54, 1.807) is 17.1 Å². The number of nitrogens with zero attached hydrogens (tertiary/aromatic N) is 6. The molecule has 1 N–H and O–H groups in total. The third-order valence-electron chi connectivity index (χ3n) is 6.68. The second kappa shape index (κ2) is 8.70. The van der Waals surface area contributed by atoms with Gasteiger partial charge in [-0.05, 0) is 24.5 Å². The Kier molecular flexibility index (Phi) is 5.32. The molecule has 5 aromatic rings. The van der Waals surface area contributed by atoms with Crippen LogP contribution in [0, 0.1) is 15.9 Å². The number of benzene rings is 2. The zero-order valence-electron chi connectivity index (χ0n) is 20.1. The number of hydrogen-bond donors (Lipinski definition) is 1. The van der Waals surface area contributed by atoms with Gasteiger partial charge in [-0.1, -0.05) is 18.2 Å². The highest BCUT2D eigenvalue weighted by Crippen LogP contribution is 2.40. The van der Waals surface area contributed by atoms with Crippen LogP contribution in [0.3, 0.4) is 0 Å². The van der Waals surface area contributed by atoms with E-state index in [2.05, 4.69) is 44.4 Å². The molecule has 0 fully saturated rings. The van der Waals surface area contributed by atoms with E-state index in [4.69, 9.17) is 9.72 Å². The highest BCUT2D eigenvalue weighted by atomic mass is 19.1. The van der Waals surface area contributed by atoms with Crippen molar-refractivity contribution < 1.29 is 14.1 Å². The predicted molar refractivity (Wildman–Crippen MR) is 136 cm³/mol. The van der Waals surface area contributed by atoms with Gasteiger partial charge in [-0.25, -0.2) is 9.97 Å². The van der Waals surface area contributed by atoms with Gasteiger partial charge in [-0.2, -0.15) is 9.49 Å². The fourth-order valence-corrected chi connectivity index (χ4v) is 4.99. The minimum Gasteiger partial charge on any atom is -0.494 e. The number of nitro benzene ring substituents is 1. The van der Waals surface area contributed by atoms with Crippen molar-refractivity contribution >= 4 is 28.2 Å². The molecule has 0 aliphatic carbocycles. The molecule has 0 atom stereocenters. The molecule has 3 aromatic heterocycles. The van der Waals surface area contributed by atoms with E-state index in [-0.39, 0.29) is 17.4 Å². The molecule has 2 aromatic carbocycles. The van der Waals surface area contributed by atoms with Crippen molar-refractivity contribution in [2.45, 2.75) is 19.4 Å². The predicted octanol–water partition coefficient (Wildman–Crippen LogP) is 5.24. The lowest BCUT2D eigenvalue weighted by Gasteiger charge is -2.14. The highest BCUT2D eigenvalue weighted by molar-refractivity contribution is 6.00. The first-order valence-corrected chi connectivity index (χ1v) is 11.7. The first kappa shape index (κ1) is 22.7. The lowest BCUT2D eigenvalue weighted by atomic mass is 10.00. The minimum atomic E-state index is -0.991. The van der Waals surface area contributed by atoms with Crippen molar-refractivity contribution in [1.82, 2.24) is 24.3 Å². The van der Waals surface area contributed by atoms with Crippen LogP contribution in [-0.4, -0.2) is 36.3 Å². The lowest BCUT2D eigenvalue weighted by molar-refractivity contribution is -0.387. The topological polar surface area (TPSA) is 113 Å². The molecule has 11 heteroatoms. The number of ether oxygens (including phenoxy) is 1. The van der Waals surface area contributed by atoms with E-state index in [1.807, 2.05) is 13.1 Å².